The Morgan fingerprint density at radius 1 is 1.57 bits per heavy atom. The number of carbonyl (C=O) groups excluding carboxylic acids is 1. The van der Waals surface area contributed by atoms with Gasteiger partial charge in [-0.3, -0.25) is 0 Å². The molecule has 0 aromatic heterocycles. The highest BCUT2D eigenvalue weighted by Gasteiger charge is 2.32. The molecular weight excluding hydrogens is 180 g/mol. The standard InChI is InChI=1S/C11H18O3/c1-7(2)11(13)14-8(3)9-5-4-6-10(9)12/h8-10,12H,1,4-6H2,2-3H3. The molecule has 0 aromatic carbocycles. The van der Waals surface area contributed by atoms with E-state index in [4.69, 9.17) is 4.74 Å². The second-order valence-electron chi connectivity index (χ2n) is 4.05. The van der Waals surface area contributed by atoms with Crippen LogP contribution >= 0.6 is 0 Å². The fourth-order valence-electron chi connectivity index (χ4n) is 1.87. The summed E-state index contributed by atoms with van der Waals surface area (Å²) in [7, 11) is 0. The molecule has 0 bridgehead atoms. The summed E-state index contributed by atoms with van der Waals surface area (Å²) < 4.78 is 5.17. The Morgan fingerprint density at radius 3 is 2.64 bits per heavy atom. The normalized spacial score (nSPS) is 28.5. The topological polar surface area (TPSA) is 46.5 Å². The third-order valence-corrected chi connectivity index (χ3v) is 2.78. The molecule has 1 N–H and O–H groups in total. The summed E-state index contributed by atoms with van der Waals surface area (Å²) in [6.07, 6.45) is 2.24. The van der Waals surface area contributed by atoms with Crippen molar-refractivity contribution in [3.05, 3.63) is 12.2 Å². The second kappa shape index (κ2) is 4.60. The molecule has 1 aliphatic rings. The van der Waals surface area contributed by atoms with Gasteiger partial charge in [0.05, 0.1) is 6.10 Å². The Balaban J connectivity index is 2.45. The minimum absolute atomic E-state index is 0.0956. The number of rotatable bonds is 3. The molecule has 3 unspecified atom stereocenters. The second-order valence-corrected chi connectivity index (χ2v) is 4.05. The molecule has 3 nitrogen and oxygen atoms in total. The van der Waals surface area contributed by atoms with Crippen LogP contribution < -0.4 is 0 Å². The van der Waals surface area contributed by atoms with E-state index in [1.54, 1.807) is 6.92 Å². The van der Waals surface area contributed by atoms with E-state index in [-0.39, 0.29) is 24.1 Å². The van der Waals surface area contributed by atoms with Crippen LogP contribution in [0.5, 0.6) is 0 Å². The van der Waals surface area contributed by atoms with Crippen molar-refractivity contribution < 1.29 is 14.6 Å². The van der Waals surface area contributed by atoms with Crippen LogP contribution in [0.15, 0.2) is 12.2 Å². The van der Waals surface area contributed by atoms with Gasteiger partial charge >= 0.3 is 5.97 Å². The molecule has 0 saturated heterocycles. The van der Waals surface area contributed by atoms with Crippen molar-refractivity contribution in [1.82, 2.24) is 0 Å². The fourth-order valence-corrected chi connectivity index (χ4v) is 1.87. The Labute approximate surface area is 84.8 Å². The van der Waals surface area contributed by atoms with E-state index >= 15 is 0 Å². The molecule has 14 heavy (non-hydrogen) atoms. The van der Waals surface area contributed by atoms with Crippen molar-refractivity contribution in [2.45, 2.75) is 45.3 Å². The number of hydrogen-bond donors (Lipinski definition) is 1. The van der Waals surface area contributed by atoms with E-state index in [0.717, 1.165) is 19.3 Å². The van der Waals surface area contributed by atoms with Crippen molar-refractivity contribution >= 4 is 5.97 Å². The minimum Gasteiger partial charge on any atom is -0.459 e. The highest BCUT2D eigenvalue weighted by Crippen LogP contribution is 2.29. The van der Waals surface area contributed by atoms with Crippen LogP contribution in [0.4, 0.5) is 0 Å². The zero-order chi connectivity index (χ0) is 10.7. The molecule has 0 aromatic rings. The summed E-state index contributed by atoms with van der Waals surface area (Å²) >= 11 is 0. The van der Waals surface area contributed by atoms with Crippen LogP contribution in [-0.4, -0.2) is 23.3 Å². The van der Waals surface area contributed by atoms with Gasteiger partial charge in [-0.1, -0.05) is 13.0 Å². The summed E-state index contributed by atoms with van der Waals surface area (Å²) in [6.45, 7) is 6.98. The quantitative estimate of drug-likeness (QED) is 0.554. The lowest BCUT2D eigenvalue weighted by Gasteiger charge is -2.22. The lowest BCUT2D eigenvalue weighted by atomic mass is 10.00. The summed E-state index contributed by atoms with van der Waals surface area (Å²) in [4.78, 5) is 11.2. The number of ether oxygens (including phenoxy) is 1. The van der Waals surface area contributed by atoms with Gasteiger partial charge in [-0.05, 0) is 26.7 Å². The largest absolute Gasteiger partial charge is 0.459 e. The SMILES string of the molecule is C=C(C)C(=O)OC(C)C1CCCC1O. The Hall–Kier alpha value is -0.830. The van der Waals surface area contributed by atoms with Crippen LogP contribution in [0.3, 0.4) is 0 Å². The summed E-state index contributed by atoms with van der Waals surface area (Å²) in [5.74, 6) is -0.269. The highest BCUT2D eigenvalue weighted by molar-refractivity contribution is 5.87. The van der Waals surface area contributed by atoms with Crippen molar-refractivity contribution in [3.63, 3.8) is 0 Å². The predicted octanol–water partition coefficient (Wildman–Crippen LogP) is 1.66. The van der Waals surface area contributed by atoms with E-state index < -0.39 is 0 Å². The Bertz CT molecular complexity index is 235. The van der Waals surface area contributed by atoms with Gasteiger partial charge in [-0.15, -0.1) is 0 Å². The van der Waals surface area contributed by atoms with Crippen molar-refractivity contribution in [2.24, 2.45) is 5.92 Å². The van der Waals surface area contributed by atoms with Crippen molar-refractivity contribution in [2.75, 3.05) is 0 Å². The lowest BCUT2D eigenvalue weighted by Crippen LogP contribution is -2.29. The maximum Gasteiger partial charge on any atom is 0.333 e. The summed E-state index contributed by atoms with van der Waals surface area (Å²) in [6, 6.07) is 0. The van der Waals surface area contributed by atoms with Gasteiger partial charge in [-0.2, -0.15) is 0 Å². The third kappa shape index (κ3) is 2.58. The molecule has 80 valence electrons. The predicted molar refractivity (Wildman–Crippen MR) is 53.7 cm³/mol. The molecule has 0 amide bonds. The van der Waals surface area contributed by atoms with E-state index in [1.165, 1.54) is 0 Å². The highest BCUT2D eigenvalue weighted by atomic mass is 16.5. The third-order valence-electron chi connectivity index (χ3n) is 2.78. The first-order chi connectivity index (χ1) is 6.52. The van der Waals surface area contributed by atoms with E-state index in [1.807, 2.05) is 6.92 Å². The van der Waals surface area contributed by atoms with Gasteiger partial charge in [0.2, 0.25) is 0 Å². The van der Waals surface area contributed by atoms with Gasteiger partial charge in [0.1, 0.15) is 6.10 Å². The number of aliphatic hydroxyl groups is 1. The van der Waals surface area contributed by atoms with Gasteiger partial charge in [0.25, 0.3) is 0 Å². The number of carbonyl (C=O) groups is 1. The molecule has 1 fully saturated rings. The maximum absolute atomic E-state index is 11.2. The molecule has 0 heterocycles. The first-order valence-corrected chi connectivity index (χ1v) is 5.07. The molecule has 3 heteroatoms. The summed E-state index contributed by atoms with van der Waals surface area (Å²) in [5.41, 5.74) is 0.407. The minimum atomic E-state index is -0.364. The zero-order valence-electron chi connectivity index (χ0n) is 8.82. The van der Waals surface area contributed by atoms with Crippen LogP contribution in [0.25, 0.3) is 0 Å². The molecular formula is C11H18O3. The van der Waals surface area contributed by atoms with Crippen LogP contribution in [0, 0.1) is 5.92 Å². The average molecular weight is 198 g/mol. The van der Waals surface area contributed by atoms with Crippen LogP contribution in [-0.2, 0) is 9.53 Å². The number of hydrogen-bond acceptors (Lipinski definition) is 3. The van der Waals surface area contributed by atoms with E-state index in [0.29, 0.717) is 5.57 Å². The number of esters is 1. The van der Waals surface area contributed by atoms with E-state index in [9.17, 15) is 9.90 Å². The Kier molecular flexibility index (Phi) is 3.69. The molecule has 0 aliphatic heterocycles. The van der Waals surface area contributed by atoms with E-state index in [2.05, 4.69) is 6.58 Å². The summed E-state index contributed by atoms with van der Waals surface area (Å²) in [5, 5.41) is 9.60. The van der Waals surface area contributed by atoms with Crippen LogP contribution in [0.2, 0.25) is 0 Å². The fraction of sp³-hybridized carbons (Fsp3) is 0.727. The van der Waals surface area contributed by atoms with Gasteiger partial charge in [0, 0.05) is 11.5 Å². The van der Waals surface area contributed by atoms with Gasteiger partial charge in [0.15, 0.2) is 0 Å². The maximum atomic E-state index is 11.2. The molecule has 0 radical (unpaired) electrons. The molecule has 1 rings (SSSR count). The molecule has 1 aliphatic carbocycles. The van der Waals surface area contributed by atoms with Crippen LogP contribution in [0.1, 0.15) is 33.1 Å². The van der Waals surface area contributed by atoms with Gasteiger partial charge in [-0.25, -0.2) is 4.79 Å². The Morgan fingerprint density at radius 2 is 2.21 bits per heavy atom. The molecule has 1 saturated carbocycles. The average Bonchev–Trinajstić information content (AvgIpc) is 2.51. The first-order valence-electron chi connectivity index (χ1n) is 5.07. The number of aliphatic hydroxyl groups excluding tert-OH is 1. The zero-order valence-corrected chi connectivity index (χ0v) is 8.82. The molecule has 0 spiro atoms. The first kappa shape index (κ1) is 11.2. The molecule has 3 atom stereocenters. The monoisotopic (exact) mass is 198 g/mol. The van der Waals surface area contributed by atoms with Gasteiger partial charge < -0.3 is 9.84 Å². The smallest absolute Gasteiger partial charge is 0.333 e. The van der Waals surface area contributed by atoms with Crippen molar-refractivity contribution in [1.29, 1.82) is 0 Å². The lowest BCUT2D eigenvalue weighted by molar-refractivity contribution is -0.147. The van der Waals surface area contributed by atoms with Crippen molar-refractivity contribution in [3.8, 4) is 0 Å².